The van der Waals surface area contributed by atoms with E-state index in [1.165, 1.54) is 6.07 Å². The molecule has 0 radical (unpaired) electrons. The van der Waals surface area contributed by atoms with Crippen molar-refractivity contribution in [1.29, 1.82) is 0 Å². The minimum absolute atomic E-state index is 0.0123. The number of benzene rings is 1. The highest BCUT2D eigenvalue weighted by Crippen LogP contribution is 2.52. The van der Waals surface area contributed by atoms with Gasteiger partial charge in [0.2, 0.25) is 0 Å². The fourth-order valence-electron chi connectivity index (χ4n) is 2.90. The summed E-state index contributed by atoms with van der Waals surface area (Å²) in [7, 11) is 0. The van der Waals surface area contributed by atoms with Gasteiger partial charge < -0.3 is 4.74 Å². The molecule has 6 heteroatoms. The Labute approximate surface area is 131 Å². The Balaban J connectivity index is 2.23. The predicted octanol–water partition coefficient (Wildman–Crippen LogP) is 4.92. The van der Waals surface area contributed by atoms with E-state index in [9.17, 15) is 10.1 Å². The molecule has 0 aliphatic heterocycles. The van der Waals surface area contributed by atoms with E-state index in [0.29, 0.717) is 10.2 Å². The van der Waals surface area contributed by atoms with Crippen molar-refractivity contribution < 1.29 is 9.66 Å². The van der Waals surface area contributed by atoms with Gasteiger partial charge in [0, 0.05) is 23.3 Å². The van der Waals surface area contributed by atoms with Gasteiger partial charge >= 0.3 is 0 Å². The molecule has 1 aliphatic rings. The van der Waals surface area contributed by atoms with E-state index in [4.69, 9.17) is 16.3 Å². The summed E-state index contributed by atoms with van der Waals surface area (Å²) in [5.41, 5.74) is -0.0196. The molecule has 110 valence electrons. The fraction of sp³-hybridized carbons (Fsp3) is 0.571. The third-order valence-electron chi connectivity index (χ3n) is 4.41. The first-order chi connectivity index (χ1) is 9.46. The second-order valence-corrected chi connectivity index (χ2v) is 6.42. The summed E-state index contributed by atoms with van der Waals surface area (Å²) in [4.78, 5) is 10.5. The van der Waals surface area contributed by atoms with Crippen molar-refractivity contribution in [3.8, 4) is 5.75 Å². The molecule has 2 atom stereocenters. The van der Waals surface area contributed by atoms with Crippen LogP contribution >= 0.6 is 27.5 Å². The van der Waals surface area contributed by atoms with E-state index in [1.54, 1.807) is 12.1 Å². The summed E-state index contributed by atoms with van der Waals surface area (Å²) in [5.74, 6) is 0.513. The third-order valence-corrected chi connectivity index (χ3v) is 5.82. The molecule has 0 N–H and O–H groups in total. The van der Waals surface area contributed by atoms with Gasteiger partial charge in [-0.2, -0.15) is 0 Å². The molecule has 0 amide bonds. The average molecular weight is 363 g/mol. The van der Waals surface area contributed by atoms with Gasteiger partial charge in [0.25, 0.3) is 5.69 Å². The quantitative estimate of drug-likeness (QED) is 0.424. The predicted molar refractivity (Wildman–Crippen MR) is 82.5 cm³/mol. The van der Waals surface area contributed by atoms with Crippen LogP contribution in [-0.4, -0.2) is 16.4 Å². The molecule has 0 heterocycles. The molecule has 0 saturated heterocycles. The van der Waals surface area contributed by atoms with Crippen LogP contribution in [0.1, 0.15) is 33.1 Å². The summed E-state index contributed by atoms with van der Waals surface area (Å²) in [6, 6.07) is 4.83. The molecular weight excluding hydrogens is 346 g/mol. The van der Waals surface area contributed by atoms with Crippen LogP contribution in [-0.2, 0) is 0 Å². The lowest BCUT2D eigenvalue weighted by atomic mass is 9.62. The Kier molecular flexibility index (Phi) is 4.59. The van der Waals surface area contributed by atoms with Crippen molar-refractivity contribution in [2.45, 2.75) is 44.6 Å². The zero-order chi connectivity index (χ0) is 14.9. The number of rotatable bonds is 5. The van der Waals surface area contributed by atoms with Crippen molar-refractivity contribution in [2.24, 2.45) is 5.41 Å². The Morgan fingerprint density at radius 1 is 1.50 bits per heavy atom. The lowest BCUT2D eigenvalue weighted by molar-refractivity contribution is -0.385. The number of alkyl halides is 1. The molecule has 20 heavy (non-hydrogen) atoms. The molecule has 1 saturated carbocycles. The zero-order valence-electron chi connectivity index (χ0n) is 11.4. The number of nitro groups is 1. The molecule has 0 spiro atoms. The van der Waals surface area contributed by atoms with Crippen LogP contribution in [0.3, 0.4) is 0 Å². The highest BCUT2D eigenvalue weighted by Gasteiger charge is 2.53. The van der Waals surface area contributed by atoms with Gasteiger partial charge in [0.05, 0.1) is 4.92 Å². The summed E-state index contributed by atoms with van der Waals surface area (Å²) in [5, 5.41) is 11.0. The van der Waals surface area contributed by atoms with Crippen LogP contribution in [0, 0.1) is 15.5 Å². The van der Waals surface area contributed by atoms with Crippen molar-refractivity contribution >= 4 is 33.2 Å². The van der Waals surface area contributed by atoms with Crippen molar-refractivity contribution in [3.63, 3.8) is 0 Å². The largest absolute Gasteiger partial charge is 0.488 e. The second kappa shape index (κ2) is 5.90. The van der Waals surface area contributed by atoms with Gasteiger partial charge in [-0.3, -0.25) is 10.1 Å². The Bertz CT molecular complexity index is 519. The zero-order valence-corrected chi connectivity index (χ0v) is 13.8. The summed E-state index contributed by atoms with van der Waals surface area (Å²) in [6.07, 6.45) is 2.67. The first kappa shape index (κ1) is 15.6. The third kappa shape index (κ3) is 2.42. The van der Waals surface area contributed by atoms with Crippen LogP contribution in [0.4, 0.5) is 5.69 Å². The van der Waals surface area contributed by atoms with E-state index in [0.717, 1.165) is 19.3 Å². The van der Waals surface area contributed by atoms with E-state index in [-0.39, 0.29) is 22.6 Å². The number of halogens is 2. The summed E-state index contributed by atoms with van der Waals surface area (Å²) < 4.78 is 6.40. The van der Waals surface area contributed by atoms with Gasteiger partial charge in [-0.1, -0.05) is 19.9 Å². The van der Waals surface area contributed by atoms with Crippen LogP contribution in [0.25, 0.3) is 0 Å². The van der Waals surface area contributed by atoms with Crippen molar-refractivity contribution in [2.75, 3.05) is 0 Å². The van der Waals surface area contributed by atoms with Gasteiger partial charge in [-0.05, 0) is 34.8 Å². The molecule has 4 nitrogen and oxygen atoms in total. The van der Waals surface area contributed by atoms with Gasteiger partial charge in [-0.15, -0.1) is 11.6 Å². The molecule has 1 aromatic carbocycles. The lowest BCUT2D eigenvalue weighted by Gasteiger charge is -2.52. The maximum Gasteiger partial charge on any atom is 0.287 e. The highest BCUT2D eigenvalue weighted by molar-refractivity contribution is 9.10. The number of hydrogen-bond donors (Lipinski definition) is 0. The Morgan fingerprint density at radius 2 is 2.15 bits per heavy atom. The molecule has 1 aromatic rings. The highest BCUT2D eigenvalue weighted by atomic mass is 79.9. The van der Waals surface area contributed by atoms with E-state index in [2.05, 4.69) is 29.8 Å². The normalized spacial score (nSPS) is 24.0. The standard InChI is InChI=1S/C14H17BrClNO3/c1-3-14(4-2)11(16)8-12(14)20-10-7-5-6-9(13(10)15)17(18)19/h5-7,11-12H,3-4,8H2,1-2H3. The molecular formula is C14H17BrClNO3. The van der Waals surface area contributed by atoms with Gasteiger partial charge in [0.1, 0.15) is 16.3 Å². The molecule has 1 aliphatic carbocycles. The van der Waals surface area contributed by atoms with E-state index >= 15 is 0 Å². The number of ether oxygens (including phenoxy) is 1. The van der Waals surface area contributed by atoms with E-state index < -0.39 is 4.92 Å². The molecule has 0 aromatic heterocycles. The fourth-order valence-corrected chi connectivity index (χ4v) is 4.01. The lowest BCUT2D eigenvalue weighted by Crippen LogP contribution is -2.56. The Hall–Kier alpha value is -0.810. The maximum absolute atomic E-state index is 10.9. The minimum atomic E-state index is -0.422. The van der Waals surface area contributed by atoms with Crippen LogP contribution in [0.2, 0.25) is 0 Å². The first-order valence-corrected chi connectivity index (χ1v) is 7.92. The second-order valence-electron chi connectivity index (χ2n) is 5.10. The summed E-state index contributed by atoms with van der Waals surface area (Å²) >= 11 is 9.62. The SMILES string of the molecule is CCC1(CC)C(Cl)CC1Oc1cccc([N+](=O)[O-])c1Br. The molecule has 0 bridgehead atoms. The van der Waals surface area contributed by atoms with E-state index in [1.807, 2.05) is 0 Å². The molecule has 2 unspecified atom stereocenters. The average Bonchev–Trinajstić information content (AvgIpc) is 2.41. The summed E-state index contributed by atoms with van der Waals surface area (Å²) in [6.45, 7) is 4.22. The molecule has 2 rings (SSSR count). The first-order valence-electron chi connectivity index (χ1n) is 6.69. The minimum Gasteiger partial charge on any atom is -0.488 e. The van der Waals surface area contributed by atoms with Crippen LogP contribution in [0.5, 0.6) is 5.75 Å². The van der Waals surface area contributed by atoms with Crippen LogP contribution in [0.15, 0.2) is 22.7 Å². The number of nitrogens with zero attached hydrogens (tertiary/aromatic N) is 1. The van der Waals surface area contributed by atoms with Gasteiger partial charge in [0.15, 0.2) is 0 Å². The monoisotopic (exact) mass is 361 g/mol. The smallest absolute Gasteiger partial charge is 0.287 e. The Morgan fingerprint density at radius 3 is 2.65 bits per heavy atom. The molecule has 1 fully saturated rings. The number of hydrogen-bond acceptors (Lipinski definition) is 3. The van der Waals surface area contributed by atoms with Crippen LogP contribution < -0.4 is 4.74 Å². The topological polar surface area (TPSA) is 52.4 Å². The van der Waals surface area contributed by atoms with Crippen molar-refractivity contribution in [1.82, 2.24) is 0 Å². The van der Waals surface area contributed by atoms with Crippen molar-refractivity contribution in [3.05, 3.63) is 32.8 Å². The van der Waals surface area contributed by atoms with Gasteiger partial charge in [-0.25, -0.2) is 0 Å². The number of nitro benzene ring substituents is 1. The maximum atomic E-state index is 10.9.